The molecule has 0 saturated carbocycles. The van der Waals surface area contributed by atoms with Crippen LogP contribution in [0.3, 0.4) is 0 Å². The van der Waals surface area contributed by atoms with E-state index >= 15 is 0 Å². The SMILES string of the molecule is CCOC(=O)C1=C(C)NC2=C(C(=O)C[C@@H](c3ccco3)C2)[C@H]1c1cc(Br)ccc1OC. The number of carbonyl (C=O) groups excluding carboxylic acids is 2. The van der Waals surface area contributed by atoms with E-state index in [1.807, 2.05) is 37.3 Å². The van der Waals surface area contributed by atoms with Crippen LogP contribution in [0.5, 0.6) is 5.75 Å². The van der Waals surface area contributed by atoms with Crippen LogP contribution in [-0.4, -0.2) is 25.5 Å². The van der Waals surface area contributed by atoms with E-state index in [0.717, 1.165) is 21.5 Å². The third-order valence-electron chi connectivity index (χ3n) is 5.77. The predicted octanol–water partition coefficient (Wildman–Crippen LogP) is 4.98. The van der Waals surface area contributed by atoms with Crippen LogP contribution < -0.4 is 10.1 Å². The number of hydrogen-bond donors (Lipinski definition) is 1. The summed E-state index contributed by atoms with van der Waals surface area (Å²) in [7, 11) is 1.58. The Morgan fingerprint density at radius 3 is 2.77 bits per heavy atom. The monoisotopic (exact) mass is 485 g/mol. The number of ether oxygens (including phenoxy) is 2. The van der Waals surface area contributed by atoms with Gasteiger partial charge in [-0.3, -0.25) is 4.79 Å². The number of ketones is 1. The van der Waals surface area contributed by atoms with E-state index in [1.54, 1.807) is 20.3 Å². The molecule has 31 heavy (non-hydrogen) atoms. The number of nitrogens with one attached hydrogen (secondary N) is 1. The molecule has 0 unspecified atom stereocenters. The van der Waals surface area contributed by atoms with Gasteiger partial charge in [-0.05, 0) is 50.6 Å². The Kier molecular flexibility index (Phi) is 6.05. The number of carbonyl (C=O) groups is 2. The zero-order valence-corrected chi connectivity index (χ0v) is 19.2. The number of dihydropyridines is 1. The van der Waals surface area contributed by atoms with Crippen LogP contribution in [0.2, 0.25) is 0 Å². The van der Waals surface area contributed by atoms with Crippen molar-refractivity contribution < 1.29 is 23.5 Å². The molecule has 2 heterocycles. The molecule has 0 saturated heterocycles. The number of methoxy groups -OCH3 is 1. The first-order chi connectivity index (χ1) is 14.9. The van der Waals surface area contributed by atoms with Crippen LogP contribution in [0.25, 0.3) is 0 Å². The maximum atomic E-state index is 13.5. The molecule has 1 aromatic heterocycles. The molecular formula is C24H24BrNO5. The van der Waals surface area contributed by atoms with E-state index in [4.69, 9.17) is 13.9 Å². The summed E-state index contributed by atoms with van der Waals surface area (Å²) >= 11 is 3.52. The fourth-order valence-corrected chi connectivity index (χ4v) is 4.86. The van der Waals surface area contributed by atoms with Gasteiger partial charge in [0.2, 0.25) is 0 Å². The van der Waals surface area contributed by atoms with Gasteiger partial charge in [-0.15, -0.1) is 0 Å². The lowest BCUT2D eigenvalue weighted by atomic mass is 9.72. The first-order valence-electron chi connectivity index (χ1n) is 10.2. The maximum absolute atomic E-state index is 13.5. The van der Waals surface area contributed by atoms with Crippen molar-refractivity contribution in [1.82, 2.24) is 5.32 Å². The Labute approximate surface area is 189 Å². The highest BCUT2D eigenvalue weighted by molar-refractivity contribution is 9.10. The minimum Gasteiger partial charge on any atom is -0.496 e. The molecule has 1 aliphatic heterocycles. The highest BCUT2D eigenvalue weighted by Crippen LogP contribution is 2.48. The van der Waals surface area contributed by atoms with E-state index in [0.29, 0.717) is 35.4 Å². The summed E-state index contributed by atoms with van der Waals surface area (Å²) in [4.78, 5) is 26.5. The number of benzene rings is 1. The molecule has 7 heteroatoms. The first-order valence-corrected chi connectivity index (χ1v) is 11.0. The quantitative estimate of drug-likeness (QED) is 0.602. The molecule has 0 radical (unpaired) electrons. The lowest BCUT2D eigenvalue weighted by Crippen LogP contribution is -2.36. The summed E-state index contributed by atoms with van der Waals surface area (Å²) in [5, 5.41) is 3.33. The van der Waals surface area contributed by atoms with Crippen LogP contribution in [-0.2, 0) is 14.3 Å². The number of hydrogen-bond acceptors (Lipinski definition) is 6. The number of furan rings is 1. The molecule has 2 aromatic rings. The third kappa shape index (κ3) is 3.94. The Morgan fingerprint density at radius 1 is 1.29 bits per heavy atom. The molecule has 0 fully saturated rings. The van der Waals surface area contributed by atoms with Gasteiger partial charge in [-0.25, -0.2) is 4.79 Å². The molecule has 2 atom stereocenters. The lowest BCUT2D eigenvalue weighted by molar-refractivity contribution is -0.138. The second kappa shape index (κ2) is 8.75. The standard InChI is InChI=1S/C24H24BrNO5/c1-4-30-24(28)21-13(2)26-17-10-14(19-6-5-9-31-19)11-18(27)23(17)22(21)16-12-15(25)7-8-20(16)29-3/h5-9,12,14,22,26H,4,10-11H2,1-3H3/t14-,22-/m0/s1. The second-order valence-corrected chi connectivity index (χ2v) is 8.56. The number of esters is 1. The highest BCUT2D eigenvalue weighted by Gasteiger charge is 2.42. The number of Topliss-reactive ketones (excluding diaryl/α,β-unsaturated/α-hetero) is 1. The number of halogens is 1. The van der Waals surface area contributed by atoms with Crippen molar-refractivity contribution in [3.05, 3.63) is 74.9 Å². The van der Waals surface area contributed by atoms with Gasteiger partial charge < -0.3 is 19.2 Å². The van der Waals surface area contributed by atoms with Crippen molar-refractivity contribution >= 4 is 27.7 Å². The largest absolute Gasteiger partial charge is 0.496 e. The van der Waals surface area contributed by atoms with Crippen LogP contribution in [0.15, 0.2) is 68.0 Å². The van der Waals surface area contributed by atoms with Gasteiger partial charge in [0, 0.05) is 39.3 Å². The van der Waals surface area contributed by atoms with E-state index in [-0.39, 0.29) is 18.3 Å². The van der Waals surface area contributed by atoms with E-state index < -0.39 is 11.9 Å². The molecule has 2 aliphatic rings. The Bertz CT molecular complexity index is 1080. The van der Waals surface area contributed by atoms with Crippen LogP contribution >= 0.6 is 15.9 Å². The Balaban J connectivity index is 1.87. The maximum Gasteiger partial charge on any atom is 0.336 e. The topological polar surface area (TPSA) is 77.8 Å². The summed E-state index contributed by atoms with van der Waals surface area (Å²) in [6, 6.07) is 9.33. The first kappa shape index (κ1) is 21.4. The molecule has 1 aliphatic carbocycles. The minimum atomic E-state index is -0.576. The van der Waals surface area contributed by atoms with Crippen LogP contribution in [0.1, 0.15) is 49.8 Å². The van der Waals surface area contributed by atoms with Gasteiger partial charge in [0.05, 0.1) is 31.5 Å². The predicted molar refractivity (Wildman–Crippen MR) is 119 cm³/mol. The van der Waals surface area contributed by atoms with E-state index in [1.165, 1.54) is 0 Å². The van der Waals surface area contributed by atoms with Crippen molar-refractivity contribution in [2.24, 2.45) is 0 Å². The van der Waals surface area contributed by atoms with Crippen molar-refractivity contribution in [3.63, 3.8) is 0 Å². The molecule has 0 spiro atoms. The minimum absolute atomic E-state index is 0.0172. The van der Waals surface area contributed by atoms with E-state index in [9.17, 15) is 9.59 Å². The Morgan fingerprint density at radius 2 is 2.10 bits per heavy atom. The normalized spacial score (nSPS) is 21.0. The van der Waals surface area contributed by atoms with Gasteiger partial charge in [-0.1, -0.05) is 15.9 Å². The fourth-order valence-electron chi connectivity index (χ4n) is 4.49. The van der Waals surface area contributed by atoms with Gasteiger partial charge >= 0.3 is 5.97 Å². The molecule has 1 aromatic carbocycles. The summed E-state index contributed by atoms with van der Waals surface area (Å²) in [5.74, 6) is 0.320. The molecule has 6 nitrogen and oxygen atoms in total. The summed E-state index contributed by atoms with van der Waals surface area (Å²) in [6.07, 6.45) is 2.56. The van der Waals surface area contributed by atoms with Crippen LogP contribution in [0, 0.1) is 0 Å². The third-order valence-corrected chi connectivity index (χ3v) is 6.26. The molecule has 4 rings (SSSR count). The van der Waals surface area contributed by atoms with Gasteiger partial charge in [0.15, 0.2) is 5.78 Å². The van der Waals surface area contributed by atoms with Gasteiger partial charge in [0.1, 0.15) is 11.5 Å². The smallest absolute Gasteiger partial charge is 0.336 e. The number of rotatable bonds is 5. The number of allylic oxidation sites excluding steroid dienone is 3. The molecule has 162 valence electrons. The summed E-state index contributed by atoms with van der Waals surface area (Å²) in [6.45, 7) is 3.86. The second-order valence-electron chi connectivity index (χ2n) is 7.64. The highest BCUT2D eigenvalue weighted by atomic mass is 79.9. The molecule has 1 N–H and O–H groups in total. The lowest BCUT2D eigenvalue weighted by Gasteiger charge is -2.36. The van der Waals surface area contributed by atoms with E-state index in [2.05, 4.69) is 21.2 Å². The van der Waals surface area contributed by atoms with Gasteiger partial charge in [0.25, 0.3) is 0 Å². The molecule has 0 amide bonds. The summed E-state index contributed by atoms with van der Waals surface area (Å²) < 4.78 is 17.4. The van der Waals surface area contributed by atoms with Crippen molar-refractivity contribution in [3.8, 4) is 5.75 Å². The van der Waals surface area contributed by atoms with Crippen LogP contribution in [0.4, 0.5) is 0 Å². The van der Waals surface area contributed by atoms with Crippen molar-refractivity contribution in [1.29, 1.82) is 0 Å². The zero-order valence-electron chi connectivity index (χ0n) is 17.7. The van der Waals surface area contributed by atoms with Gasteiger partial charge in [-0.2, -0.15) is 0 Å². The average molecular weight is 486 g/mol. The molecule has 0 bridgehead atoms. The van der Waals surface area contributed by atoms with Crippen molar-refractivity contribution in [2.45, 2.75) is 38.5 Å². The Hall–Kier alpha value is -2.80. The van der Waals surface area contributed by atoms with Crippen molar-refractivity contribution in [2.75, 3.05) is 13.7 Å². The average Bonchev–Trinajstić information content (AvgIpc) is 3.27. The fraction of sp³-hybridized carbons (Fsp3) is 0.333. The summed E-state index contributed by atoms with van der Waals surface area (Å²) in [5.41, 5.74) is 3.26. The molecular weight excluding hydrogens is 462 g/mol. The zero-order chi connectivity index (χ0) is 22.1.